The molecule has 0 unspecified atom stereocenters. The molecule has 2 heterocycles. The summed E-state index contributed by atoms with van der Waals surface area (Å²) in [4.78, 5) is 9.08. The maximum Gasteiger partial charge on any atom is 0.184 e. The van der Waals surface area contributed by atoms with Crippen LogP contribution >= 0.6 is 22.9 Å². The predicted molar refractivity (Wildman–Crippen MR) is 129 cm³/mol. The van der Waals surface area contributed by atoms with E-state index in [0.29, 0.717) is 22.9 Å². The van der Waals surface area contributed by atoms with E-state index in [0.717, 1.165) is 45.5 Å². The lowest BCUT2D eigenvalue weighted by molar-refractivity contribution is 0.302. The number of fused-ring (bicyclic) bond motifs is 2. The van der Waals surface area contributed by atoms with Crippen LogP contribution in [0.4, 0.5) is 9.52 Å². The van der Waals surface area contributed by atoms with Gasteiger partial charge in [0.25, 0.3) is 0 Å². The third-order valence-electron chi connectivity index (χ3n) is 6.45. The summed E-state index contributed by atoms with van der Waals surface area (Å²) in [5.41, 5.74) is 3.01. The van der Waals surface area contributed by atoms with Crippen LogP contribution in [0.15, 0.2) is 48.7 Å². The summed E-state index contributed by atoms with van der Waals surface area (Å²) >= 11 is 7.92. The van der Waals surface area contributed by atoms with E-state index in [1.807, 2.05) is 18.3 Å². The Morgan fingerprint density at radius 1 is 1.16 bits per heavy atom. The minimum absolute atomic E-state index is 0.188. The summed E-state index contributed by atoms with van der Waals surface area (Å²) in [6, 6.07) is 13.3. The maximum atomic E-state index is 13.8. The van der Waals surface area contributed by atoms with Crippen LogP contribution in [0.25, 0.3) is 21.1 Å². The Morgan fingerprint density at radius 2 is 2.00 bits per heavy atom. The number of halogens is 2. The second-order valence-electron chi connectivity index (χ2n) is 8.67. The molecule has 0 radical (unpaired) electrons. The number of hydrogen-bond donors (Lipinski definition) is 1. The highest BCUT2D eigenvalue weighted by atomic mass is 35.5. The molecule has 0 aliphatic heterocycles. The molecular weight excluding hydrogens is 429 g/mol. The van der Waals surface area contributed by atoms with E-state index < -0.39 is 0 Å². The van der Waals surface area contributed by atoms with E-state index in [1.165, 1.54) is 24.5 Å². The molecule has 1 atom stereocenters. The van der Waals surface area contributed by atoms with Crippen LogP contribution in [-0.4, -0.2) is 16.0 Å². The van der Waals surface area contributed by atoms with Crippen LogP contribution in [0.3, 0.4) is 0 Å². The van der Waals surface area contributed by atoms with Crippen LogP contribution in [0.2, 0.25) is 5.02 Å². The normalized spacial score (nSPS) is 20.2. The molecule has 0 saturated heterocycles. The molecule has 160 valence electrons. The van der Waals surface area contributed by atoms with Crippen molar-refractivity contribution in [2.45, 2.75) is 51.0 Å². The van der Waals surface area contributed by atoms with E-state index in [1.54, 1.807) is 23.5 Å². The largest absolute Gasteiger partial charge is 0.359 e. The Bertz CT molecular complexity index is 1220. The van der Waals surface area contributed by atoms with Gasteiger partial charge < -0.3 is 5.32 Å². The van der Waals surface area contributed by atoms with Gasteiger partial charge >= 0.3 is 0 Å². The molecular formula is C25H25ClFN3S. The van der Waals surface area contributed by atoms with Crippen molar-refractivity contribution < 1.29 is 4.39 Å². The van der Waals surface area contributed by atoms with Crippen molar-refractivity contribution in [1.29, 1.82) is 0 Å². The standard InChI is InChI=1S/C25H25ClFN3S/c1-15(29-25-30-24-21(26)3-2-4-23(24)31-25)13-16-5-7-17(8-6-16)19-11-12-28-22-10-9-18(27)14-20(19)22/h2-4,9-12,14-17H,5-8,13H2,1H3,(H,29,30)/t15-,16?,17?/m1/s1. The van der Waals surface area contributed by atoms with Gasteiger partial charge in [0.2, 0.25) is 0 Å². The first-order valence-electron chi connectivity index (χ1n) is 10.9. The minimum Gasteiger partial charge on any atom is -0.359 e. The lowest BCUT2D eigenvalue weighted by atomic mass is 9.76. The minimum atomic E-state index is -0.188. The Balaban J connectivity index is 1.21. The molecule has 1 N–H and O–H groups in total. The fourth-order valence-corrected chi connectivity index (χ4v) is 6.23. The number of benzene rings is 2. The fourth-order valence-electron chi connectivity index (χ4n) is 4.95. The van der Waals surface area contributed by atoms with Crippen molar-refractivity contribution in [1.82, 2.24) is 9.97 Å². The van der Waals surface area contributed by atoms with Gasteiger partial charge in [0.15, 0.2) is 5.13 Å². The van der Waals surface area contributed by atoms with Crippen LogP contribution in [0.1, 0.15) is 50.5 Å². The maximum absolute atomic E-state index is 13.8. The smallest absolute Gasteiger partial charge is 0.184 e. The van der Waals surface area contributed by atoms with Gasteiger partial charge in [0, 0.05) is 17.6 Å². The van der Waals surface area contributed by atoms with Gasteiger partial charge in [-0.1, -0.05) is 29.0 Å². The van der Waals surface area contributed by atoms with Gasteiger partial charge in [-0.25, -0.2) is 9.37 Å². The lowest BCUT2D eigenvalue weighted by Crippen LogP contribution is -2.22. The molecule has 1 fully saturated rings. The zero-order valence-corrected chi connectivity index (χ0v) is 19.0. The summed E-state index contributed by atoms with van der Waals surface area (Å²) in [6.07, 6.45) is 7.66. The first kappa shape index (κ1) is 20.7. The van der Waals surface area contributed by atoms with Gasteiger partial charge in [-0.15, -0.1) is 0 Å². The first-order chi connectivity index (χ1) is 15.1. The zero-order valence-electron chi connectivity index (χ0n) is 17.4. The van der Waals surface area contributed by atoms with E-state index in [4.69, 9.17) is 11.6 Å². The quantitative estimate of drug-likeness (QED) is 0.335. The van der Waals surface area contributed by atoms with Crippen molar-refractivity contribution in [3.63, 3.8) is 0 Å². The van der Waals surface area contributed by atoms with Gasteiger partial charge in [-0.3, -0.25) is 4.98 Å². The molecule has 4 aromatic rings. The molecule has 1 saturated carbocycles. The van der Waals surface area contributed by atoms with Gasteiger partial charge in [0.05, 0.1) is 15.2 Å². The van der Waals surface area contributed by atoms with Gasteiger partial charge in [-0.05, 0) is 92.8 Å². The summed E-state index contributed by atoms with van der Waals surface area (Å²) in [6.45, 7) is 2.24. The second-order valence-corrected chi connectivity index (χ2v) is 10.1. The van der Waals surface area contributed by atoms with Crippen molar-refractivity contribution in [2.75, 3.05) is 5.32 Å². The molecule has 1 aliphatic carbocycles. The average Bonchev–Trinajstić information content (AvgIpc) is 3.17. The number of aromatic nitrogens is 2. The first-order valence-corrected chi connectivity index (χ1v) is 12.1. The number of anilines is 1. The molecule has 1 aliphatic rings. The number of hydrogen-bond acceptors (Lipinski definition) is 4. The molecule has 0 amide bonds. The van der Waals surface area contributed by atoms with Gasteiger partial charge in [-0.2, -0.15) is 0 Å². The Labute approximate surface area is 190 Å². The predicted octanol–water partition coefficient (Wildman–Crippen LogP) is 7.80. The highest BCUT2D eigenvalue weighted by molar-refractivity contribution is 7.22. The van der Waals surface area contributed by atoms with Crippen molar-refractivity contribution >= 4 is 49.2 Å². The van der Waals surface area contributed by atoms with E-state index in [9.17, 15) is 4.39 Å². The SMILES string of the molecule is C[C@H](CC1CCC(c2ccnc3ccc(F)cc23)CC1)Nc1nc2c(Cl)cccc2s1. The third-order valence-corrected chi connectivity index (χ3v) is 7.71. The van der Waals surface area contributed by atoms with Crippen molar-refractivity contribution in [3.05, 3.63) is 65.1 Å². The second kappa shape index (κ2) is 8.71. The van der Waals surface area contributed by atoms with Gasteiger partial charge in [0.1, 0.15) is 11.3 Å². The van der Waals surface area contributed by atoms with Crippen LogP contribution in [-0.2, 0) is 0 Å². The summed E-state index contributed by atoms with van der Waals surface area (Å²) in [7, 11) is 0. The molecule has 2 aromatic heterocycles. The third kappa shape index (κ3) is 4.39. The number of thiazole rings is 1. The zero-order chi connectivity index (χ0) is 21.4. The summed E-state index contributed by atoms with van der Waals surface area (Å²) < 4.78 is 14.9. The topological polar surface area (TPSA) is 37.8 Å². The monoisotopic (exact) mass is 453 g/mol. The summed E-state index contributed by atoms with van der Waals surface area (Å²) in [5, 5.41) is 6.19. The molecule has 3 nitrogen and oxygen atoms in total. The molecule has 5 rings (SSSR count). The Morgan fingerprint density at radius 3 is 2.81 bits per heavy atom. The molecule has 0 bridgehead atoms. The fraction of sp³-hybridized carbons (Fsp3) is 0.360. The van der Waals surface area contributed by atoms with Crippen LogP contribution in [0.5, 0.6) is 0 Å². The number of para-hydroxylation sites is 1. The Hall–Kier alpha value is -2.24. The van der Waals surface area contributed by atoms with E-state index >= 15 is 0 Å². The average molecular weight is 454 g/mol. The molecule has 6 heteroatoms. The van der Waals surface area contributed by atoms with E-state index in [2.05, 4.69) is 34.3 Å². The number of nitrogens with zero attached hydrogens (tertiary/aromatic N) is 2. The van der Waals surface area contributed by atoms with Crippen molar-refractivity contribution in [2.24, 2.45) is 5.92 Å². The lowest BCUT2D eigenvalue weighted by Gasteiger charge is -2.31. The van der Waals surface area contributed by atoms with Crippen molar-refractivity contribution in [3.8, 4) is 0 Å². The summed E-state index contributed by atoms with van der Waals surface area (Å²) in [5.74, 6) is 0.992. The molecule has 0 spiro atoms. The Kier molecular flexibility index (Phi) is 5.81. The number of rotatable bonds is 5. The van der Waals surface area contributed by atoms with E-state index in [-0.39, 0.29) is 5.82 Å². The molecule has 31 heavy (non-hydrogen) atoms. The molecule has 2 aromatic carbocycles. The van der Waals surface area contributed by atoms with Crippen LogP contribution < -0.4 is 5.32 Å². The highest BCUT2D eigenvalue weighted by Crippen LogP contribution is 2.40. The highest BCUT2D eigenvalue weighted by Gasteiger charge is 2.25. The van der Waals surface area contributed by atoms with Crippen LogP contribution in [0, 0.1) is 11.7 Å². The number of pyridine rings is 1. The number of nitrogens with one attached hydrogen (secondary N) is 1.